The van der Waals surface area contributed by atoms with Crippen molar-refractivity contribution in [2.75, 3.05) is 31.1 Å². The summed E-state index contributed by atoms with van der Waals surface area (Å²) in [5.41, 5.74) is 0.442. The molecule has 0 N–H and O–H groups in total. The van der Waals surface area contributed by atoms with E-state index in [0.717, 1.165) is 18.2 Å². The van der Waals surface area contributed by atoms with Gasteiger partial charge in [0.05, 0.1) is 0 Å². The van der Waals surface area contributed by atoms with Crippen LogP contribution in [-0.4, -0.2) is 47.8 Å². The van der Waals surface area contributed by atoms with Gasteiger partial charge in [0, 0.05) is 56.2 Å². The minimum absolute atomic E-state index is 0.00995. The molecule has 2 aromatic rings. The lowest BCUT2D eigenvalue weighted by atomic mass is 10.1. The number of thiazole rings is 1. The number of rotatable bonds is 5. The molecule has 24 heavy (non-hydrogen) atoms. The van der Waals surface area contributed by atoms with Crippen LogP contribution in [0.4, 0.5) is 9.52 Å². The fourth-order valence-corrected chi connectivity index (χ4v) is 3.37. The van der Waals surface area contributed by atoms with Gasteiger partial charge in [-0.1, -0.05) is 0 Å². The van der Waals surface area contributed by atoms with E-state index in [1.54, 1.807) is 22.4 Å². The number of halogens is 1. The number of carbonyl (C=O) groups is 2. The molecule has 0 saturated carbocycles. The standard InChI is InChI=1S/C17H18FN3O2S/c18-14-3-1-13(2-4-14)15(22)5-6-16(23)20-8-10-21(11-9-20)17-19-7-12-24-17/h1-4,7,12H,5-6,8-11H2. The Balaban J connectivity index is 1.46. The van der Waals surface area contributed by atoms with Gasteiger partial charge in [-0.25, -0.2) is 9.37 Å². The molecule has 3 rings (SSSR count). The van der Waals surface area contributed by atoms with E-state index >= 15 is 0 Å². The molecule has 0 unspecified atom stereocenters. The Hall–Kier alpha value is -2.28. The van der Waals surface area contributed by atoms with Crippen molar-refractivity contribution in [1.82, 2.24) is 9.88 Å². The highest BCUT2D eigenvalue weighted by Gasteiger charge is 2.22. The minimum Gasteiger partial charge on any atom is -0.345 e. The number of hydrogen-bond donors (Lipinski definition) is 0. The van der Waals surface area contributed by atoms with Gasteiger partial charge in [0.1, 0.15) is 5.82 Å². The van der Waals surface area contributed by atoms with Crippen molar-refractivity contribution in [2.45, 2.75) is 12.8 Å². The Morgan fingerprint density at radius 1 is 1.08 bits per heavy atom. The van der Waals surface area contributed by atoms with E-state index in [0.29, 0.717) is 18.7 Å². The lowest BCUT2D eigenvalue weighted by molar-refractivity contribution is -0.131. The van der Waals surface area contributed by atoms with Gasteiger partial charge in [-0.05, 0) is 24.3 Å². The first-order chi connectivity index (χ1) is 11.6. The molecule has 0 radical (unpaired) electrons. The van der Waals surface area contributed by atoms with E-state index in [4.69, 9.17) is 0 Å². The van der Waals surface area contributed by atoms with Gasteiger partial charge < -0.3 is 9.80 Å². The van der Waals surface area contributed by atoms with Crippen LogP contribution in [0.25, 0.3) is 0 Å². The Morgan fingerprint density at radius 2 is 1.79 bits per heavy atom. The number of hydrogen-bond acceptors (Lipinski definition) is 5. The zero-order valence-electron chi connectivity index (χ0n) is 13.2. The Kier molecular flexibility index (Phi) is 5.20. The predicted molar refractivity (Wildman–Crippen MR) is 90.9 cm³/mol. The quantitative estimate of drug-likeness (QED) is 0.780. The van der Waals surface area contributed by atoms with Crippen LogP contribution in [0.3, 0.4) is 0 Å². The van der Waals surface area contributed by atoms with Crippen molar-refractivity contribution >= 4 is 28.2 Å². The molecular weight excluding hydrogens is 329 g/mol. The van der Waals surface area contributed by atoms with Gasteiger partial charge in [-0.15, -0.1) is 11.3 Å². The maximum atomic E-state index is 12.9. The van der Waals surface area contributed by atoms with Gasteiger partial charge in [0.25, 0.3) is 0 Å². The molecule has 1 amide bonds. The number of carbonyl (C=O) groups excluding carboxylic acids is 2. The second kappa shape index (κ2) is 7.53. The van der Waals surface area contributed by atoms with Crippen molar-refractivity contribution in [1.29, 1.82) is 0 Å². The highest BCUT2D eigenvalue weighted by molar-refractivity contribution is 7.13. The van der Waals surface area contributed by atoms with Crippen molar-refractivity contribution in [2.24, 2.45) is 0 Å². The van der Waals surface area contributed by atoms with E-state index in [-0.39, 0.29) is 30.3 Å². The third-order valence-corrected chi connectivity index (χ3v) is 4.89. The SMILES string of the molecule is O=C(CCC(=O)N1CCN(c2nccs2)CC1)c1ccc(F)cc1. The van der Waals surface area contributed by atoms with Crippen LogP contribution in [0, 0.1) is 5.82 Å². The van der Waals surface area contributed by atoms with Gasteiger partial charge in [-0.3, -0.25) is 9.59 Å². The Labute approximate surface area is 143 Å². The highest BCUT2D eigenvalue weighted by atomic mass is 32.1. The van der Waals surface area contributed by atoms with Crippen molar-refractivity contribution in [3.05, 3.63) is 47.2 Å². The van der Waals surface area contributed by atoms with E-state index in [1.165, 1.54) is 24.3 Å². The molecular formula is C17H18FN3O2S. The van der Waals surface area contributed by atoms with Crippen molar-refractivity contribution in [3.63, 3.8) is 0 Å². The summed E-state index contributed by atoms with van der Waals surface area (Å²) >= 11 is 1.59. The number of amides is 1. The second-order valence-corrected chi connectivity index (χ2v) is 6.49. The predicted octanol–water partition coefficient (Wildman–Crippen LogP) is 2.59. The fourth-order valence-electron chi connectivity index (χ4n) is 2.68. The van der Waals surface area contributed by atoms with Crippen molar-refractivity contribution < 1.29 is 14.0 Å². The Bertz CT molecular complexity index is 695. The zero-order chi connectivity index (χ0) is 16.9. The van der Waals surface area contributed by atoms with Crippen LogP contribution in [0.5, 0.6) is 0 Å². The molecule has 0 atom stereocenters. The summed E-state index contributed by atoms with van der Waals surface area (Å²) < 4.78 is 12.9. The molecule has 1 aromatic heterocycles. The van der Waals surface area contributed by atoms with Crippen LogP contribution >= 0.6 is 11.3 Å². The van der Waals surface area contributed by atoms with Crippen molar-refractivity contribution in [3.8, 4) is 0 Å². The van der Waals surface area contributed by atoms with Crippen LogP contribution in [0.1, 0.15) is 23.2 Å². The summed E-state index contributed by atoms with van der Waals surface area (Å²) in [6.45, 7) is 2.79. The molecule has 5 nitrogen and oxygen atoms in total. The number of ketones is 1. The Morgan fingerprint density at radius 3 is 2.42 bits per heavy atom. The first-order valence-corrected chi connectivity index (χ1v) is 8.72. The molecule has 7 heteroatoms. The minimum atomic E-state index is -0.374. The summed E-state index contributed by atoms with van der Waals surface area (Å²) in [6.07, 6.45) is 2.11. The number of piperazine rings is 1. The van der Waals surface area contributed by atoms with Gasteiger partial charge in [0.15, 0.2) is 10.9 Å². The number of Topliss-reactive ketones (excluding diaryl/α,β-unsaturated/α-hetero) is 1. The van der Waals surface area contributed by atoms with E-state index in [2.05, 4.69) is 9.88 Å². The third kappa shape index (κ3) is 3.97. The highest BCUT2D eigenvalue weighted by Crippen LogP contribution is 2.19. The molecule has 0 spiro atoms. The summed E-state index contributed by atoms with van der Waals surface area (Å²) in [6, 6.07) is 5.42. The molecule has 126 valence electrons. The van der Waals surface area contributed by atoms with Crippen LogP contribution < -0.4 is 4.90 Å². The number of benzene rings is 1. The molecule has 2 heterocycles. The fraction of sp³-hybridized carbons (Fsp3) is 0.353. The number of aromatic nitrogens is 1. The lowest BCUT2D eigenvalue weighted by Crippen LogP contribution is -2.48. The van der Waals surface area contributed by atoms with Crippen LogP contribution in [0.15, 0.2) is 35.8 Å². The zero-order valence-corrected chi connectivity index (χ0v) is 14.0. The van der Waals surface area contributed by atoms with E-state index < -0.39 is 0 Å². The largest absolute Gasteiger partial charge is 0.345 e. The van der Waals surface area contributed by atoms with Crippen LogP contribution in [0.2, 0.25) is 0 Å². The smallest absolute Gasteiger partial charge is 0.223 e. The normalized spacial score (nSPS) is 14.7. The molecule has 1 aliphatic rings. The van der Waals surface area contributed by atoms with Gasteiger partial charge in [0.2, 0.25) is 5.91 Å². The summed E-state index contributed by atoms with van der Waals surface area (Å²) in [7, 11) is 0. The average molecular weight is 347 g/mol. The molecule has 0 bridgehead atoms. The maximum Gasteiger partial charge on any atom is 0.223 e. The van der Waals surface area contributed by atoms with Gasteiger partial charge >= 0.3 is 0 Å². The van der Waals surface area contributed by atoms with E-state index in [1.807, 2.05) is 5.38 Å². The lowest BCUT2D eigenvalue weighted by Gasteiger charge is -2.34. The monoisotopic (exact) mass is 347 g/mol. The number of anilines is 1. The summed E-state index contributed by atoms with van der Waals surface area (Å²) in [4.78, 5) is 32.5. The summed E-state index contributed by atoms with van der Waals surface area (Å²) in [5, 5.41) is 2.92. The first-order valence-electron chi connectivity index (χ1n) is 7.84. The molecule has 1 fully saturated rings. The molecule has 1 aromatic carbocycles. The van der Waals surface area contributed by atoms with E-state index in [9.17, 15) is 14.0 Å². The second-order valence-electron chi connectivity index (χ2n) is 5.61. The summed E-state index contributed by atoms with van der Waals surface area (Å²) in [5.74, 6) is -0.519. The van der Waals surface area contributed by atoms with Gasteiger partial charge in [-0.2, -0.15) is 0 Å². The third-order valence-electron chi connectivity index (χ3n) is 4.05. The molecule has 1 aliphatic heterocycles. The topological polar surface area (TPSA) is 53.5 Å². The average Bonchev–Trinajstić information content (AvgIpc) is 3.15. The number of nitrogens with zero attached hydrogens (tertiary/aromatic N) is 3. The first kappa shape index (κ1) is 16.6. The molecule has 0 aliphatic carbocycles. The maximum absolute atomic E-state index is 12.9. The molecule has 1 saturated heterocycles. The van der Waals surface area contributed by atoms with Crippen LogP contribution in [-0.2, 0) is 4.79 Å².